The highest BCUT2D eigenvalue weighted by atomic mass is 16.3. The molecule has 0 saturated carbocycles. The molecule has 4 aromatic heterocycles. The summed E-state index contributed by atoms with van der Waals surface area (Å²) in [6, 6.07) is 83.2. The molecule has 6 heteroatoms. The second kappa shape index (κ2) is 15.6. The number of hydrogen-bond acceptors (Lipinski definition) is 4. The van der Waals surface area contributed by atoms with E-state index in [-0.39, 0.29) is 0 Å². The molecule has 0 radical (unpaired) electrons. The summed E-state index contributed by atoms with van der Waals surface area (Å²) in [6.07, 6.45) is 0. The van der Waals surface area contributed by atoms with Crippen LogP contribution >= 0.6 is 0 Å². The van der Waals surface area contributed by atoms with E-state index in [2.05, 4.69) is 228 Å². The fourth-order valence-electron chi connectivity index (χ4n) is 10.4. The molecule has 0 saturated heterocycles. The van der Waals surface area contributed by atoms with E-state index in [1.54, 1.807) is 0 Å². The molecule has 0 aliphatic heterocycles. The summed E-state index contributed by atoms with van der Waals surface area (Å²) >= 11 is 0. The number of benzene rings is 10. The summed E-state index contributed by atoms with van der Waals surface area (Å²) in [4.78, 5) is 16.0. The van der Waals surface area contributed by atoms with Crippen molar-refractivity contribution >= 4 is 65.6 Å². The Morgan fingerprint density at radius 1 is 0.261 bits per heavy atom. The van der Waals surface area contributed by atoms with Gasteiger partial charge in [0.15, 0.2) is 17.5 Å². The van der Waals surface area contributed by atoms with Gasteiger partial charge in [0, 0.05) is 60.4 Å². The molecular formula is C63H39N5O. The Morgan fingerprint density at radius 2 is 0.754 bits per heavy atom. The van der Waals surface area contributed by atoms with Crippen LogP contribution in [0.25, 0.3) is 133 Å². The second-order valence-electron chi connectivity index (χ2n) is 17.6. The highest BCUT2D eigenvalue weighted by Gasteiger charge is 2.24. The van der Waals surface area contributed by atoms with Gasteiger partial charge in [-0.15, -0.1) is 0 Å². The smallest absolute Gasteiger partial charge is 0.167 e. The minimum atomic E-state index is 0.518. The maximum atomic E-state index is 7.25. The van der Waals surface area contributed by atoms with Gasteiger partial charge in [-0.2, -0.15) is 0 Å². The molecule has 0 atom stereocenters. The molecule has 0 aliphatic rings. The largest absolute Gasteiger partial charge is 0.455 e. The summed E-state index contributed by atoms with van der Waals surface area (Å²) in [5.74, 6) is 1.67. The van der Waals surface area contributed by atoms with E-state index >= 15 is 0 Å². The first-order valence-corrected chi connectivity index (χ1v) is 23.3. The Balaban J connectivity index is 1.04. The van der Waals surface area contributed by atoms with E-state index in [0.29, 0.717) is 23.1 Å². The molecule has 69 heavy (non-hydrogen) atoms. The Kier molecular flexibility index (Phi) is 8.79. The van der Waals surface area contributed by atoms with E-state index in [1.165, 1.54) is 10.8 Å². The molecule has 0 N–H and O–H groups in total. The molecule has 14 rings (SSSR count). The van der Waals surface area contributed by atoms with E-state index in [9.17, 15) is 0 Å². The van der Waals surface area contributed by atoms with Crippen LogP contribution in [-0.4, -0.2) is 24.1 Å². The van der Waals surface area contributed by atoms with Crippen molar-refractivity contribution in [3.63, 3.8) is 0 Å². The minimum absolute atomic E-state index is 0.518. The average Bonchev–Trinajstić information content (AvgIpc) is 4.09. The van der Waals surface area contributed by atoms with Crippen LogP contribution < -0.4 is 0 Å². The van der Waals surface area contributed by atoms with Crippen molar-refractivity contribution < 1.29 is 4.42 Å². The summed E-state index contributed by atoms with van der Waals surface area (Å²) in [7, 11) is 0. The van der Waals surface area contributed by atoms with E-state index < -0.39 is 0 Å². The summed E-state index contributed by atoms with van der Waals surface area (Å²) in [6.45, 7) is 0. The van der Waals surface area contributed by atoms with E-state index in [0.717, 1.165) is 99.5 Å². The molecule has 0 bridgehead atoms. The Bertz CT molecular complexity index is 4250. The standard InChI is InChI=1S/C63H39N5O/c1-4-18-40(19-5-1)42-22-16-23-43(36-42)47-29-17-30-51-53-38-46(68-55-31-13-10-26-48(55)49-27-11-14-32-56(49)68)39-54(60(53)69-59(47)51)63-65-61(41-20-6-2-7-21-41)64-62(66-63)44-34-35-58-52(37-44)50-28-12-15-33-57(50)67(58)45-24-8-3-9-25-45/h1-39H. The Morgan fingerprint density at radius 3 is 1.45 bits per heavy atom. The molecule has 0 unspecified atom stereocenters. The van der Waals surface area contributed by atoms with Gasteiger partial charge in [-0.1, -0.05) is 170 Å². The van der Waals surface area contributed by atoms with Gasteiger partial charge in [0.2, 0.25) is 0 Å². The predicted octanol–water partition coefficient (Wildman–Crippen LogP) is 16.3. The maximum Gasteiger partial charge on any atom is 0.167 e. The van der Waals surface area contributed by atoms with E-state index in [1.807, 2.05) is 18.2 Å². The van der Waals surface area contributed by atoms with Crippen LogP contribution in [0.4, 0.5) is 0 Å². The lowest BCUT2D eigenvalue weighted by Crippen LogP contribution is -2.01. The number of nitrogens with zero attached hydrogens (tertiary/aromatic N) is 5. The first kappa shape index (κ1) is 38.8. The topological polar surface area (TPSA) is 61.7 Å². The first-order valence-electron chi connectivity index (χ1n) is 23.3. The van der Waals surface area contributed by atoms with Crippen molar-refractivity contribution in [2.45, 2.75) is 0 Å². The van der Waals surface area contributed by atoms with Gasteiger partial charge in [-0.3, -0.25) is 0 Å². The van der Waals surface area contributed by atoms with Crippen molar-refractivity contribution in [1.82, 2.24) is 24.1 Å². The molecule has 0 amide bonds. The zero-order valence-corrected chi connectivity index (χ0v) is 37.2. The zero-order valence-electron chi connectivity index (χ0n) is 37.2. The number of hydrogen-bond donors (Lipinski definition) is 0. The van der Waals surface area contributed by atoms with Crippen LogP contribution in [-0.2, 0) is 0 Å². The van der Waals surface area contributed by atoms with Crippen LogP contribution in [0.5, 0.6) is 0 Å². The lowest BCUT2D eigenvalue weighted by Gasteiger charge is -2.13. The SMILES string of the molecule is c1ccc(-c2cccc(-c3cccc4c3oc3c(-c5nc(-c6ccccc6)nc(-c6ccc7c(c6)c6ccccc6n7-c6ccccc6)n5)cc(-n5c6ccccc6c6ccccc65)cc34)c2)cc1. The second-order valence-corrected chi connectivity index (χ2v) is 17.6. The van der Waals surface area contributed by atoms with Crippen LogP contribution in [0.1, 0.15) is 0 Å². The molecule has 0 fully saturated rings. The third kappa shape index (κ3) is 6.30. The summed E-state index contributed by atoms with van der Waals surface area (Å²) in [5, 5.41) is 6.62. The van der Waals surface area contributed by atoms with Crippen LogP contribution in [0.2, 0.25) is 0 Å². The van der Waals surface area contributed by atoms with Gasteiger partial charge in [0.1, 0.15) is 11.2 Å². The highest BCUT2D eigenvalue weighted by Crippen LogP contribution is 2.44. The van der Waals surface area contributed by atoms with Crippen LogP contribution in [0, 0.1) is 0 Å². The number of fused-ring (bicyclic) bond motifs is 9. The van der Waals surface area contributed by atoms with Crippen molar-refractivity contribution in [1.29, 1.82) is 0 Å². The third-order valence-electron chi connectivity index (χ3n) is 13.6. The van der Waals surface area contributed by atoms with Gasteiger partial charge in [-0.25, -0.2) is 15.0 Å². The number of para-hydroxylation sites is 5. The van der Waals surface area contributed by atoms with Crippen molar-refractivity contribution in [3.8, 4) is 67.8 Å². The first-order chi connectivity index (χ1) is 34.2. The van der Waals surface area contributed by atoms with Gasteiger partial charge < -0.3 is 13.6 Å². The van der Waals surface area contributed by atoms with Crippen LogP contribution in [0.15, 0.2) is 241 Å². The number of rotatable bonds is 7. The molecule has 6 nitrogen and oxygen atoms in total. The lowest BCUT2D eigenvalue weighted by molar-refractivity contribution is 0.670. The minimum Gasteiger partial charge on any atom is -0.455 e. The molecular weight excluding hydrogens is 843 g/mol. The lowest BCUT2D eigenvalue weighted by atomic mass is 9.97. The van der Waals surface area contributed by atoms with E-state index in [4.69, 9.17) is 19.4 Å². The molecule has 322 valence electrons. The Hall–Kier alpha value is -9.39. The number of aromatic nitrogens is 5. The predicted molar refractivity (Wildman–Crippen MR) is 283 cm³/mol. The van der Waals surface area contributed by atoms with Crippen LogP contribution in [0.3, 0.4) is 0 Å². The van der Waals surface area contributed by atoms with Gasteiger partial charge in [-0.05, 0) is 83.4 Å². The molecule has 0 spiro atoms. The molecule has 10 aromatic carbocycles. The average molecular weight is 882 g/mol. The van der Waals surface area contributed by atoms with Crippen molar-refractivity contribution in [2.24, 2.45) is 0 Å². The zero-order chi connectivity index (χ0) is 45.4. The van der Waals surface area contributed by atoms with Crippen molar-refractivity contribution in [2.75, 3.05) is 0 Å². The molecule has 14 aromatic rings. The summed E-state index contributed by atoms with van der Waals surface area (Å²) < 4.78 is 11.9. The fourth-order valence-corrected chi connectivity index (χ4v) is 10.4. The van der Waals surface area contributed by atoms with Gasteiger partial charge in [0.25, 0.3) is 0 Å². The summed E-state index contributed by atoms with van der Waals surface area (Å²) in [5.41, 5.74) is 15.0. The monoisotopic (exact) mass is 881 g/mol. The fraction of sp³-hybridized carbons (Fsp3) is 0. The maximum absolute atomic E-state index is 7.25. The highest BCUT2D eigenvalue weighted by molar-refractivity contribution is 6.15. The normalized spacial score (nSPS) is 11.8. The van der Waals surface area contributed by atoms with Gasteiger partial charge in [0.05, 0.1) is 27.6 Å². The van der Waals surface area contributed by atoms with Gasteiger partial charge >= 0.3 is 0 Å². The molecule has 4 heterocycles. The quantitative estimate of drug-likeness (QED) is 0.160. The third-order valence-corrected chi connectivity index (χ3v) is 13.6. The number of furan rings is 1. The molecule has 0 aliphatic carbocycles. The van der Waals surface area contributed by atoms with Crippen molar-refractivity contribution in [3.05, 3.63) is 237 Å². The Labute approximate surface area is 396 Å².